The maximum Gasteiger partial charge on any atom is 0.258 e. The zero-order valence-electron chi connectivity index (χ0n) is 16.5. The van der Waals surface area contributed by atoms with Gasteiger partial charge in [-0.2, -0.15) is 4.98 Å². The molecule has 1 N–H and O–H groups in total. The Hall–Kier alpha value is -2.77. The summed E-state index contributed by atoms with van der Waals surface area (Å²) in [5.41, 5.74) is 3.35. The second-order valence-corrected chi connectivity index (χ2v) is 7.84. The minimum absolute atomic E-state index is 0.298. The topological polar surface area (TPSA) is 54.2 Å². The molecular weight excluding hydrogens is 423 g/mol. The van der Waals surface area contributed by atoms with Crippen LogP contribution in [0.5, 0.6) is 0 Å². The molecule has 2 heterocycles. The fourth-order valence-corrected chi connectivity index (χ4v) is 4.07. The first kappa shape index (κ1) is 20.5. The largest absolute Gasteiger partial charge is 0.351 e. The highest BCUT2D eigenvalue weighted by Gasteiger charge is 2.33. The lowest BCUT2D eigenvalue weighted by Gasteiger charge is -2.37. The van der Waals surface area contributed by atoms with E-state index in [1.54, 1.807) is 24.3 Å². The van der Waals surface area contributed by atoms with Crippen molar-refractivity contribution in [2.75, 3.05) is 6.54 Å². The predicted octanol–water partition coefficient (Wildman–Crippen LogP) is 5.60. The van der Waals surface area contributed by atoms with Crippen LogP contribution >= 0.6 is 23.8 Å². The van der Waals surface area contributed by atoms with Gasteiger partial charge in [-0.1, -0.05) is 47.9 Å². The number of thiocarbonyl (C=S) groups is 1. The third-order valence-corrected chi connectivity index (χ3v) is 5.56. The summed E-state index contributed by atoms with van der Waals surface area (Å²) in [4.78, 5) is 6.65. The highest BCUT2D eigenvalue weighted by Crippen LogP contribution is 2.37. The van der Waals surface area contributed by atoms with Crippen molar-refractivity contribution in [1.82, 2.24) is 20.4 Å². The Morgan fingerprint density at radius 1 is 1.23 bits per heavy atom. The van der Waals surface area contributed by atoms with Crippen molar-refractivity contribution in [3.8, 4) is 11.4 Å². The van der Waals surface area contributed by atoms with Gasteiger partial charge in [-0.3, -0.25) is 0 Å². The van der Waals surface area contributed by atoms with Crippen LogP contribution in [0.3, 0.4) is 0 Å². The van der Waals surface area contributed by atoms with E-state index in [1.165, 1.54) is 12.1 Å². The number of benzene rings is 2. The number of hydrogen-bond acceptors (Lipinski definition) is 4. The molecule has 5 nitrogen and oxygen atoms in total. The molecule has 1 aromatic heterocycles. The molecule has 1 aliphatic heterocycles. The number of rotatable bonds is 5. The first-order chi connectivity index (χ1) is 14.5. The van der Waals surface area contributed by atoms with Crippen LogP contribution in [-0.2, 0) is 0 Å². The molecule has 0 aliphatic carbocycles. The van der Waals surface area contributed by atoms with E-state index >= 15 is 0 Å². The van der Waals surface area contributed by atoms with Crippen molar-refractivity contribution in [2.45, 2.75) is 26.3 Å². The number of hydrogen-bond donors (Lipinski definition) is 1. The number of nitrogens with one attached hydrogen (secondary N) is 1. The Kier molecular flexibility index (Phi) is 5.83. The third kappa shape index (κ3) is 3.95. The Labute approximate surface area is 184 Å². The summed E-state index contributed by atoms with van der Waals surface area (Å²) < 4.78 is 19.2. The van der Waals surface area contributed by atoms with Crippen LogP contribution in [0.15, 0.2) is 58.8 Å². The molecule has 1 atom stereocenters. The predicted molar refractivity (Wildman–Crippen MR) is 119 cm³/mol. The summed E-state index contributed by atoms with van der Waals surface area (Å²) in [6.07, 6.45) is 0.922. The van der Waals surface area contributed by atoms with Gasteiger partial charge in [0.05, 0.1) is 11.6 Å². The van der Waals surface area contributed by atoms with Gasteiger partial charge in [-0.05, 0) is 55.4 Å². The fraction of sp³-hybridized carbons (Fsp3) is 0.227. The molecule has 0 saturated heterocycles. The summed E-state index contributed by atoms with van der Waals surface area (Å²) in [6.45, 7) is 4.83. The van der Waals surface area contributed by atoms with E-state index in [9.17, 15) is 4.39 Å². The monoisotopic (exact) mass is 442 g/mol. The maximum absolute atomic E-state index is 13.5. The highest BCUT2D eigenvalue weighted by molar-refractivity contribution is 7.80. The first-order valence-electron chi connectivity index (χ1n) is 9.62. The van der Waals surface area contributed by atoms with Crippen LogP contribution in [-0.4, -0.2) is 26.7 Å². The zero-order valence-corrected chi connectivity index (χ0v) is 18.1. The Morgan fingerprint density at radius 2 is 2.00 bits per heavy atom. The molecule has 4 rings (SSSR count). The zero-order chi connectivity index (χ0) is 21.3. The minimum Gasteiger partial charge on any atom is -0.351 e. The molecule has 1 aliphatic rings. The van der Waals surface area contributed by atoms with Crippen molar-refractivity contribution in [1.29, 1.82) is 0 Å². The summed E-state index contributed by atoms with van der Waals surface area (Å²) in [6, 6.07) is 13.3. The van der Waals surface area contributed by atoms with Crippen LogP contribution in [0.1, 0.15) is 37.8 Å². The van der Waals surface area contributed by atoms with Crippen LogP contribution < -0.4 is 5.32 Å². The fourth-order valence-electron chi connectivity index (χ4n) is 3.53. The van der Waals surface area contributed by atoms with Crippen molar-refractivity contribution in [3.05, 3.63) is 76.5 Å². The molecule has 0 amide bonds. The lowest BCUT2D eigenvalue weighted by molar-refractivity contribution is 0.396. The molecule has 2 aromatic carbocycles. The van der Waals surface area contributed by atoms with E-state index in [0.29, 0.717) is 21.9 Å². The summed E-state index contributed by atoms with van der Waals surface area (Å²) in [7, 11) is 0. The van der Waals surface area contributed by atoms with Crippen molar-refractivity contribution in [3.63, 3.8) is 0 Å². The number of aromatic nitrogens is 2. The van der Waals surface area contributed by atoms with Crippen molar-refractivity contribution < 1.29 is 8.91 Å². The molecule has 154 valence electrons. The molecule has 0 fully saturated rings. The van der Waals surface area contributed by atoms with E-state index in [2.05, 4.69) is 22.4 Å². The van der Waals surface area contributed by atoms with Gasteiger partial charge in [-0.15, -0.1) is 0 Å². The van der Waals surface area contributed by atoms with Gasteiger partial charge in [0, 0.05) is 22.8 Å². The Morgan fingerprint density at radius 3 is 2.70 bits per heavy atom. The molecule has 0 saturated carbocycles. The van der Waals surface area contributed by atoms with E-state index in [4.69, 9.17) is 28.3 Å². The second kappa shape index (κ2) is 8.53. The minimum atomic E-state index is -0.334. The molecule has 0 bridgehead atoms. The number of nitrogens with zero attached hydrogens (tertiary/aromatic N) is 3. The Bertz CT molecular complexity index is 1110. The van der Waals surface area contributed by atoms with Gasteiger partial charge in [0.25, 0.3) is 5.89 Å². The quantitative estimate of drug-likeness (QED) is 0.519. The van der Waals surface area contributed by atoms with E-state index in [-0.39, 0.29) is 11.9 Å². The van der Waals surface area contributed by atoms with E-state index in [1.807, 2.05) is 24.0 Å². The maximum atomic E-state index is 13.5. The second-order valence-electron chi connectivity index (χ2n) is 7.02. The lowest BCUT2D eigenvalue weighted by Crippen LogP contribution is -2.46. The number of halogens is 2. The van der Waals surface area contributed by atoms with Gasteiger partial charge in [0.1, 0.15) is 5.82 Å². The van der Waals surface area contributed by atoms with Crippen molar-refractivity contribution >= 4 is 34.5 Å². The number of allylic oxidation sites excluding steroid dienone is 1. The summed E-state index contributed by atoms with van der Waals surface area (Å²) >= 11 is 11.7. The van der Waals surface area contributed by atoms with Gasteiger partial charge in [-0.25, -0.2) is 4.39 Å². The standard InChI is InChI=1S/C22H20ClFN4OS/c1-3-11-28-13(2)18(19(25-22(28)30)14-7-9-17(24)10-8-14)21-26-20(27-29-21)15-5-4-6-16(23)12-15/h4-10,12,19H,3,11H2,1-2H3,(H,25,30). The molecule has 0 radical (unpaired) electrons. The van der Waals surface area contributed by atoms with E-state index in [0.717, 1.165) is 35.4 Å². The van der Waals surface area contributed by atoms with Gasteiger partial charge < -0.3 is 14.7 Å². The van der Waals surface area contributed by atoms with Gasteiger partial charge in [0.15, 0.2) is 5.11 Å². The molecule has 8 heteroatoms. The lowest BCUT2D eigenvalue weighted by atomic mass is 9.94. The smallest absolute Gasteiger partial charge is 0.258 e. The molecular formula is C22H20ClFN4OS. The highest BCUT2D eigenvalue weighted by atomic mass is 35.5. The van der Waals surface area contributed by atoms with Gasteiger partial charge >= 0.3 is 0 Å². The first-order valence-corrected chi connectivity index (χ1v) is 10.4. The molecule has 3 aromatic rings. The van der Waals surface area contributed by atoms with Crippen LogP contribution in [0.4, 0.5) is 4.39 Å². The van der Waals surface area contributed by atoms with Crippen LogP contribution in [0, 0.1) is 5.82 Å². The SMILES string of the molecule is CCCN1C(=S)NC(c2ccc(F)cc2)C(c2nc(-c3cccc(Cl)c3)no2)=C1C. The third-order valence-electron chi connectivity index (χ3n) is 4.99. The molecule has 0 spiro atoms. The summed E-state index contributed by atoms with van der Waals surface area (Å²) in [5, 5.41) is 8.71. The normalized spacial score (nSPS) is 16.7. The van der Waals surface area contributed by atoms with Crippen molar-refractivity contribution in [2.24, 2.45) is 0 Å². The average molecular weight is 443 g/mol. The van der Waals surface area contributed by atoms with Crippen LogP contribution in [0.25, 0.3) is 17.0 Å². The van der Waals surface area contributed by atoms with E-state index < -0.39 is 0 Å². The Balaban J connectivity index is 1.81. The molecule has 1 unspecified atom stereocenters. The summed E-state index contributed by atoms with van der Waals surface area (Å²) in [5.74, 6) is 0.529. The molecule has 30 heavy (non-hydrogen) atoms. The van der Waals surface area contributed by atoms with Crippen LogP contribution in [0.2, 0.25) is 5.02 Å². The average Bonchev–Trinajstić information content (AvgIpc) is 3.21. The van der Waals surface area contributed by atoms with Gasteiger partial charge in [0.2, 0.25) is 5.82 Å².